The zero-order chi connectivity index (χ0) is 12.2. The third-order valence-electron chi connectivity index (χ3n) is 2.04. The first-order chi connectivity index (χ1) is 7.52. The summed E-state index contributed by atoms with van der Waals surface area (Å²) in [5.41, 5.74) is 2.26. The van der Waals surface area contributed by atoms with Crippen molar-refractivity contribution in [1.29, 1.82) is 0 Å². The molecule has 0 saturated carbocycles. The van der Waals surface area contributed by atoms with E-state index in [9.17, 15) is 4.57 Å². The molecule has 0 saturated heterocycles. The van der Waals surface area contributed by atoms with E-state index in [0.29, 0.717) is 0 Å². The van der Waals surface area contributed by atoms with Crippen LogP contribution in [0.1, 0.15) is 11.1 Å². The van der Waals surface area contributed by atoms with E-state index in [4.69, 9.17) is 4.21 Å². The molecule has 0 aliphatic heterocycles. The number of aryl methyl sites for hydroxylation is 1. The molecule has 1 rings (SSSR count). The van der Waals surface area contributed by atoms with Gasteiger partial charge in [0.25, 0.3) is 9.76 Å². The van der Waals surface area contributed by atoms with Crippen molar-refractivity contribution >= 4 is 55.3 Å². The van der Waals surface area contributed by atoms with Crippen LogP contribution in [0.2, 0.25) is 0 Å². The zero-order valence-electron chi connectivity index (χ0n) is 8.57. The van der Waals surface area contributed by atoms with Crippen molar-refractivity contribution in [3.8, 4) is 0 Å². The number of hydrogen-bond donors (Lipinski definition) is 0. The molecule has 0 atom stereocenters. The second-order valence-corrected chi connectivity index (χ2v) is 7.41. The maximum atomic E-state index is 11.6. The number of rotatable bonds is 5. The van der Waals surface area contributed by atoms with Gasteiger partial charge in [0.2, 0.25) is 0 Å². The minimum Gasteiger partial charge on any atom is -0.323 e. The molecule has 1 aromatic rings. The predicted octanol–water partition coefficient (Wildman–Crippen LogP) is 3.33. The van der Waals surface area contributed by atoms with Crippen LogP contribution in [0.4, 0.5) is 0 Å². The van der Waals surface area contributed by atoms with Crippen molar-refractivity contribution in [3.05, 3.63) is 29.3 Å². The molecule has 0 aromatic heterocycles. The van der Waals surface area contributed by atoms with Crippen LogP contribution in [0.15, 0.2) is 18.2 Å². The van der Waals surface area contributed by atoms with Gasteiger partial charge in [0.1, 0.15) is 32.5 Å². The van der Waals surface area contributed by atoms with Crippen LogP contribution < -0.4 is 5.19 Å². The Balaban J connectivity index is 2.75. The third-order valence-corrected chi connectivity index (χ3v) is 6.53. The van der Waals surface area contributed by atoms with E-state index in [0.717, 1.165) is 16.3 Å². The van der Waals surface area contributed by atoms with Gasteiger partial charge in [-0.05, 0) is 30.2 Å². The topological polar surface area (TPSA) is 44.8 Å². The van der Waals surface area contributed by atoms with Crippen LogP contribution in [0.3, 0.4) is 0 Å². The SMILES string of the molecule is Cc1cccc([Si]OP(=O)(OBr)OBr)c1C. The van der Waals surface area contributed by atoms with Crippen molar-refractivity contribution in [3.63, 3.8) is 0 Å². The van der Waals surface area contributed by atoms with Crippen LogP contribution in [0.25, 0.3) is 0 Å². The summed E-state index contributed by atoms with van der Waals surface area (Å²) in [6, 6.07) is 5.83. The van der Waals surface area contributed by atoms with Crippen LogP contribution in [-0.4, -0.2) is 9.76 Å². The van der Waals surface area contributed by atoms with Gasteiger partial charge in [-0.15, -0.1) is 0 Å². The summed E-state index contributed by atoms with van der Waals surface area (Å²) in [5, 5.41) is 0.967. The monoisotopic (exact) mass is 386 g/mol. The van der Waals surface area contributed by atoms with E-state index < -0.39 is 7.82 Å². The average molecular weight is 388 g/mol. The average Bonchev–Trinajstić information content (AvgIpc) is 2.31. The summed E-state index contributed by atoms with van der Waals surface area (Å²) < 4.78 is 25.6. The molecule has 0 N–H and O–H groups in total. The highest BCUT2D eigenvalue weighted by molar-refractivity contribution is 9.07. The molecule has 0 aliphatic carbocycles. The molecule has 0 aliphatic rings. The number of benzene rings is 1. The number of halogens is 2. The lowest BCUT2D eigenvalue weighted by Gasteiger charge is -2.11. The summed E-state index contributed by atoms with van der Waals surface area (Å²) in [4.78, 5) is 0. The molecule has 0 bridgehead atoms. The van der Waals surface area contributed by atoms with E-state index in [1.807, 2.05) is 32.0 Å². The first-order valence-corrected chi connectivity index (χ1v) is 7.90. The molecule has 4 nitrogen and oxygen atoms in total. The van der Waals surface area contributed by atoms with Crippen molar-refractivity contribution in [2.75, 3.05) is 0 Å². The third kappa shape index (κ3) is 3.77. The second kappa shape index (κ2) is 6.44. The molecular formula is C8H9Br2O4PSi. The Hall–Kier alpha value is 0.507. The Kier molecular flexibility index (Phi) is 5.87. The van der Waals surface area contributed by atoms with Gasteiger partial charge in [0.15, 0.2) is 0 Å². The lowest BCUT2D eigenvalue weighted by molar-refractivity contribution is 0.352. The molecule has 1 aromatic carbocycles. The van der Waals surface area contributed by atoms with E-state index in [1.54, 1.807) is 0 Å². The fourth-order valence-electron chi connectivity index (χ4n) is 1.01. The summed E-state index contributed by atoms with van der Waals surface area (Å²) in [6.45, 7) is 3.99. The van der Waals surface area contributed by atoms with Gasteiger partial charge < -0.3 is 4.21 Å². The van der Waals surface area contributed by atoms with Gasteiger partial charge >= 0.3 is 7.82 Å². The summed E-state index contributed by atoms with van der Waals surface area (Å²) in [7, 11) is -3.64. The molecule has 0 fully saturated rings. The number of phosphoric acid groups is 1. The van der Waals surface area contributed by atoms with Gasteiger partial charge in [-0.3, -0.25) is 0 Å². The van der Waals surface area contributed by atoms with E-state index in [2.05, 4.69) is 39.7 Å². The van der Waals surface area contributed by atoms with Crippen LogP contribution in [0, 0.1) is 13.8 Å². The fourth-order valence-corrected chi connectivity index (χ4v) is 4.50. The minimum atomic E-state index is -3.54. The van der Waals surface area contributed by atoms with Crippen LogP contribution >= 0.6 is 40.3 Å². The smallest absolute Gasteiger partial charge is 0.323 e. The largest absolute Gasteiger partial charge is 0.487 e. The van der Waals surface area contributed by atoms with Crippen LogP contribution in [-0.2, 0) is 16.0 Å². The van der Waals surface area contributed by atoms with E-state index >= 15 is 0 Å². The summed E-state index contributed by atoms with van der Waals surface area (Å²) in [6.07, 6.45) is 0. The van der Waals surface area contributed by atoms with Gasteiger partial charge in [-0.25, -0.2) is 11.8 Å². The molecular weight excluding hydrogens is 379 g/mol. The van der Waals surface area contributed by atoms with Gasteiger partial charge in [0.05, 0.1) is 0 Å². The summed E-state index contributed by atoms with van der Waals surface area (Å²) in [5.74, 6) is 0. The Bertz CT molecular complexity index is 407. The fraction of sp³-hybridized carbons (Fsp3) is 0.250. The van der Waals surface area contributed by atoms with Crippen LogP contribution in [0.5, 0.6) is 0 Å². The molecule has 88 valence electrons. The second-order valence-electron chi connectivity index (χ2n) is 3.03. The predicted molar refractivity (Wildman–Crippen MR) is 70.0 cm³/mol. The normalized spacial score (nSPS) is 11.8. The molecule has 8 heteroatoms. The minimum absolute atomic E-state index is 0.108. The van der Waals surface area contributed by atoms with Crippen molar-refractivity contribution < 1.29 is 16.0 Å². The van der Waals surface area contributed by atoms with E-state index in [1.165, 1.54) is 0 Å². The Labute approximate surface area is 114 Å². The Morgan fingerprint density at radius 2 is 1.88 bits per heavy atom. The molecule has 0 spiro atoms. The first kappa shape index (κ1) is 14.6. The van der Waals surface area contributed by atoms with Gasteiger partial charge in [-0.2, -0.15) is 0 Å². The van der Waals surface area contributed by atoms with Gasteiger partial charge in [0, 0.05) is 0 Å². The Morgan fingerprint density at radius 3 is 2.44 bits per heavy atom. The Morgan fingerprint density at radius 1 is 1.25 bits per heavy atom. The lowest BCUT2D eigenvalue weighted by Crippen LogP contribution is -2.20. The summed E-state index contributed by atoms with van der Waals surface area (Å²) >= 11 is 5.20. The van der Waals surface area contributed by atoms with E-state index in [-0.39, 0.29) is 9.76 Å². The molecule has 0 unspecified atom stereocenters. The maximum absolute atomic E-state index is 11.6. The highest BCUT2D eigenvalue weighted by atomic mass is 79.9. The first-order valence-electron chi connectivity index (χ1n) is 4.24. The maximum Gasteiger partial charge on any atom is 0.487 e. The van der Waals surface area contributed by atoms with Crippen molar-refractivity contribution in [1.82, 2.24) is 0 Å². The zero-order valence-corrected chi connectivity index (χ0v) is 13.6. The lowest BCUT2D eigenvalue weighted by atomic mass is 10.1. The highest BCUT2D eigenvalue weighted by Gasteiger charge is 2.26. The molecule has 0 heterocycles. The molecule has 0 amide bonds. The van der Waals surface area contributed by atoms with Crippen molar-refractivity contribution in [2.24, 2.45) is 0 Å². The van der Waals surface area contributed by atoms with Gasteiger partial charge in [-0.1, -0.05) is 18.2 Å². The standard InChI is InChI=1S/C8H9Br2O4PSi/c1-6-4-3-5-8(7(6)2)16-14-15(11,12-9)13-10/h3-5H,1-2H3. The molecule has 16 heavy (non-hydrogen) atoms. The quantitative estimate of drug-likeness (QED) is 0.574. The number of hydrogen-bond acceptors (Lipinski definition) is 4. The van der Waals surface area contributed by atoms with Crippen molar-refractivity contribution in [2.45, 2.75) is 13.8 Å². The molecule has 2 radical (unpaired) electrons. The highest BCUT2D eigenvalue weighted by Crippen LogP contribution is 2.52.